The van der Waals surface area contributed by atoms with E-state index in [4.69, 9.17) is 4.74 Å². The molecule has 0 unspecified atom stereocenters. The summed E-state index contributed by atoms with van der Waals surface area (Å²) < 4.78 is 5.14. The summed E-state index contributed by atoms with van der Waals surface area (Å²) in [6.45, 7) is 7.52. The maximum Gasteiger partial charge on any atom is 0.253 e. The molecule has 0 spiro atoms. The van der Waals surface area contributed by atoms with Crippen molar-refractivity contribution in [3.8, 4) is 0 Å². The number of amides is 1. The van der Waals surface area contributed by atoms with Gasteiger partial charge in [-0.15, -0.1) is 0 Å². The molecule has 1 heterocycles. The van der Waals surface area contributed by atoms with Crippen LogP contribution in [0.5, 0.6) is 0 Å². The summed E-state index contributed by atoms with van der Waals surface area (Å²) in [5, 5.41) is 0. The summed E-state index contributed by atoms with van der Waals surface area (Å²) >= 11 is 0. The van der Waals surface area contributed by atoms with Crippen molar-refractivity contribution in [3.63, 3.8) is 0 Å². The average Bonchev–Trinajstić information content (AvgIpc) is 2.35. The van der Waals surface area contributed by atoms with Gasteiger partial charge in [0, 0.05) is 12.2 Å². The van der Waals surface area contributed by atoms with Crippen LogP contribution in [-0.4, -0.2) is 37.8 Å². The van der Waals surface area contributed by atoms with E-state index < -0.39 is 0 Å². The van der Waals surface area contributed by atoms with E-state index in [1.807, 2.05) is 26.0 Å². The quantitative estimate of drug-likeness (QED) is 0.546. The number of rotatable bonds is 4. The van der Waals surface area contributed by atoms with Gasteiger partial charge in [-0.05, 0) is 26.0 Å². The summed E-state index contributed by atoms with van der Waals surface area (Å²) in [6, 6.07) is 0. The lowest BCUT2D eigenvalue weighted by Crippen LogP contribution is -2.40. The van der Waals surface area contributed by atoms with Crippen molar-refractivity contribution in [2.75, 3.05) is 19.8 Å². The van der Waals surface area contributed by atoms with Crippen LogP contribution in [0.3, 0.4) is 0 Å². The maximum atomic E-state index is 11.8. The van der Waals surface area contributed by atoms with E-state index in [1.54, 1.807) is 4.90 Å². The third-order valence-corrected chi connectivity index (χ3v) is 2.75. The Hall–Kier alpha value is -1.29. The fraction of sp³-hybridized carbons (Fsp3) is 0.462. The number of hydrogen-bond donors (Lipinski definition) is 0. The molecule has 0 aromatic rings. The van der Waals surface area contributed by atoms with Crippen molar-refractivity contribution in [3.05, 3.63) is 35.5 Å². The van der Waals surface area contributed by atoms with Crippen LogP contribution in [0.2, 0.25) is 6.82 Å². The van der Waals surface area contributed by atoms with Gasteiger partial charge in [0.25, 0.3) is 5.91 Å². The zero-order valence-corrected chi connectivity index (χ0v) is 10.9. The van der Waals surface area contributed by atoms with Crippen LogP contribution < -0.4 is 0 Å². The highest BCUT2D eigenvalue weighted by Crippen LogP contribution is 2.13. The summed E-state index contributed by atoms with van der Waals surface area (Å²) in [6.07, 6.45) is 8.08. The highest BCUT2D eigenvalue weighted by atomic mass is 16.5. The summed E-state index contributed by atoms with van der Waals surface area (Å²) in [5.74, 6) is 0.0344. The first-order chi connectivity index (χ1) is 8.22. The van der Waals surface area contributed by atoms with Crippen LogP contribution in [0.15, 0.2) is 35.5 Å². The second-order valence-electron chi connectivity index (χ2n) is 3.88. The Kier molecular flexibility index (Phi) is 5.77. The molecule has 92 valence electrons. The molecule has 1 rings (SSSR count). The molecule has 1 aliphatic heterocycles. The third kappa shape index (κ3) is 3.89. The summed E-state index contributed by atoms with van der Waals surface area (Å²) in [4.78, 5) is 13.6. The van der Waals surface area contributed by atoms with Crippen LogP contribution >= 0.6 is 0 Å². The Morgan fingerprint density at radius 1 is 1.47 bits per heavy atom. The van der Waals surface area contributed by atoms with Gasteiger partial charge in [0.15, 0.2) is 7.28 Å². The Bertz CT molecular complexity index is 358. The number of hydrogen-bond acceptors (Lipinski definition) is 2. The van der Waals surface area contributed by atoms with Gasteiger partial charge < -0.3 is 9.64 Å². The number of nitrogens with zero attached hydrogens (tertiary/aromatic N) is 1. The van der Waals surface area contributed by atoms with E-state index in [9.17, 15) is 4.79 Å². The number of carbonyl (C=O) groups excluding carboxylic acids is 1. The summed E-state index contributed by atoms with van der Waals surface area (Å²) in [7, 11) is 0.968. The van der Waals surface area contributed by atoms with Crippen molar-refractivity contribution < 1.29 is 9.53 Å². The molecule has 0 saturated carbocycles. The lowest BCUT2D eigenvalue weighted by molar-refractivity contribution is -0.139. The minimum atomic E-state index is 0.0344. The number of ether oxygens (including phenoxy) is 1. The van der Waals surface area contributed by atoms with Crippen molar-refractivity contribution in [1.82, 2.24) is 4.90 Å². The Labute approximate surface area is 104 Å². The monoisotopic (exact) mass is 233 g/mol. The van der Waals surface area contributed by atoms with E-state index in [1.165, 1.54) is 5.47 Å². The maximum absolute atomic E-state index is 11.8. The predicted octanol–water partition coefficient (Wildman–Crippen LogP) is 1.69. The third-order valence-electron chi connectivity index (χ3n) is 2.75. The first kappa shape index (κ1) is 13.8. The normalized spacial score (nSPS) is 19.0. The van der Waals surface area contributed by atoms with Crippen LogP contribution in [0, 0.1) is 0 Å². The molecule has 1 fully saturated rings. The van der Waals surface area contributed by atoms with Gasteiger partial charge in [0.1, 0.15) is 6.61 Å². The molecule has 0 radical (unpaired) electrons. The first-order valence-corrected chi connectivity index (χ1v) is 6.10. The molecule has 0 aromatic heterocycles. The molecule has 0 N–H and O–H groups in total. The van der Waals surface area contributed by atoms with Crippen LogP contribution in [0.1, 0.15) is 13.8 Å². The molecule has 3 nitrogen and oxygen atoms in total. The Morgan fingerprint density at radius 3 is 2.76 bits per heavy atom. The van der Waals surface area contributed by atoms with Gasteiger partial charge in [0.05, 0.1) is 6.61 Å². The van der Waals surface area contributed by atoms with E-state index in [-0.39, 0.29) is 12.5 Å². The Morgan fingerprint density at radius 2 is 2.24 bits per heavy atom. The number of morpholine rings is 1. The second kappa shape index (κ2) is 7.12. The van der Waals surface area contributed by atoms with Crippen molar-refractivity contribution in [2.24, 2.45) is 0 Å². The molecule has 17 heavy (non-hydrogen) atoms. The van der Waals surface area contributed by atoms with Gasteiger partial charge in [-0.25, -0.2) is 0 Å². The molecule has 0 aromatic carbocycles. The van der Waals surface area contributed by atoms with Gasteiger partial charge >= 0.3 is 0 Å². The molecule has 1 saturated heterocycles. The molecule has 0 aliphatic carbocycles. The largest absolute Gasteiger partial charge is 0.370 e. The van der Waals surface area contributed by atoms with Crippen molar-refractivity contribution in [2.45, 2.75) is 20.7 Å². The van der Waals surface area contributed by atoms with E-state index in [2.05, 4.69) is 19.0 Å². The van der Waals surface area contributed by atoms with Gasteiger partial charge in [-0.1, -0.05) is 24.4 Å². The zero-order chi connectivity index (χ0) is 12.7. The molecular formula is C13H20BNO2. The molecule has 0 bridgehead atoms. The highest BCUT2D eigenvalue weighted by Gasteiger charge is 2.20. The fourth-order valence-electron chi connectivity index (χ4n) is 1.76. The van der Waals surface area contributed by atoms with E-state index in [0.29, 0.717) is 13.2 Å². The van der Waals surface area contributed by atoms with Crippen LogP contribution in [-0.2, 0) is 9.53 Å². The number of allylic oxidation sites excluding steroid dienone is 5. The minimum Gasteiger partial charge on any atom is -0.370 e. The smallest absolute Gasteiger partial charge is 0.253 e. The summed E-state index contributed by atoms with van der Waals surface area (Å²) in [5.41, 5.74) is 2.19. The SMILES string of the molecule is CBC(=C\C)/C=C(\C=C/C)N1CCOCC1=O. The van der Waals surface area contributed by atoms with E-state index >= 15 is 0 Å². The zero-order valence-electron chi connectivity index (χ0n) is 10.9. The fourth-order valence-corrected chi connectivity index (χ4v) is 1.76. The Balaban J connectivity index is 2.95. The molecular weight excluding hydrogens is 213 g/mol. The van der Waals surface area contributed by atoms with Crippen LogP contribution in [0.4, 0.5) is 0 Å². The minimum absolute atomic E-state index is 0.0344. The highest BCUT2D eigenvalue weighted by molar-refractivity contribution is 6.44. The van der Waals surface area contributed by atoms with Crippen LogP contribution in [0.25, 0.3) is 0 Å². The standard InChI is InChI=1S/C13H20BNO2/c1-4-6-12(9-11(5-2)14-3)15-7-8-17-10-13(15)16/h4-6,9,14H,7-8,10H2,1-3H3/b6-4-,11-5-,12-9+. The molecule has 4 heteroatoms. The second-order valence-corrected chi connectivity index (χ2v) is 3.88. The predicted molar refractivity (Wildman–Crippen MR) is 72.2 cm³/mol. The van der Waals surface area contributed by atoms with Crippen molar-refractivity contribution in [1.29, 1.82) is 0 Å². The first-order valence-electron chi connectivity index (χ1n) is 6.10. The van der Waals surface area contributed by atoms with Crippen molar-refractivity contribution >= 4 is 13.2 Å². The topological polar surface area (TPSA) is 29.5 Å². The average molecular weight is 233 g/mol. The number of carbonyl (C=O) groups is 1. The molecule has 1 amide bonds. The van der Waals surface area contributed by atoms with Gasteiger partial charge in [-0.2, -0.15) is 0 Å². The van der Waals surface area contributed by atoms with Gasteiger partial charge in [0.2, 0.25) is 0 Å². The van der Waals surface area contributed by atoms with Gasteiger partial charge in [-0.3, -0.25) is 4.79 Å². The lowest BCUT2D eigenvalue weighted by atomic mass is 9.72. The molecule has 0 atom stereocenters. The lowest BCUT2D eigenvalue weighted by Gasteiger charge is -2.28. The van der Waals surface area contributed by atoms with E-state index in [0.717, 1.165) is 13.0 Å². The molecule has 1 aliphatic rings.